The van der Waals surface area contributed by atoms with Gasteiger partial charge in [0.2, 0.25) is 0 Å². The fourth-order valence-electron chi connectivity index (χ4n) is 4.44. The van der Waals surface area contributed by atoms with E-state index in [-0.39, 0.29) is 11.9 Å². The van der Waals surface area contributed by atoms with Crippen LogP contribution in [0.15, 0.2) is 54.6 Å². The molecule has 4 rings (SSSR count). The average Bonchev–Trinajstić information content (AvgIpc) is 3.09. The van der Waals surface area contributed by atoms with E-state index in [0.717, 1.165) is 29.4 Å². The molecule has 0 saturated carbocycles. The number of ether oxygens (including phenoxy) is 1. The molecule has 1 aromatic heterocycles. The molecule has 1 N–H and O–H groups in total. The maximum absolute atomic E-state index is 13.0. The predicted octanol–water partition coefficient (Wildman–Crippen LogP) is 6.20. The number of anilines is 1. The van der Waals surface area contributed by atoms with Crippen molar-refractivity contribution in [3.8, 4) is 5.75 Å². The number of methoxy groups -OCH3 is 1. The molecule has 31 heavy (non-hydrogen) atoms. The number of para-hydroxylation sites is 1. The minimum Gasteiger partial charge on any atom is -0.496 e. The highest BCUT2D eigenvalue weighted by atomic mass is 32.1. The minimum atomic E-state index is -0.0690. The van der Waals surface area contributed by atoms with Gasteiger partial charge in [-0.3, -0.25) is 9.69 Å². The molecule has 1 aliphatic heterocycles. The third-order valence-electron chi connectivity index (χ3n) is 6.16. The first-order valence-electron chi connectivity index (χ1n) is 10.9. The van der Waals surface area contributed by atoms with Gasteiger partial charge in [-0.15, -0.1) is 11.3 Å². The summed E-state index contributed by atoms with van der Waals surface area (Å²) in [6.45, 7) is 6.40. The Hall–Kier alpha value is -2.63. The van der Waals surface area contributed by atoms with Crippen LogP contribution in [0.4, 0.5) is 5.00 Å². The smallest absolute Gasteiger partial charge is 0.256 e. The second-order valence-electron chi connectivity index (χ2n) is 8.09. The van der Waals surface area contributed by atoms with Crippen LogP contribution in [0, 0.1) is 13.8 Å². The first-order valence-corrected chi connectivity index (χ1v) is 11.7. The molecule has 4 nitrogen and oxygen atoms in total. The molecule has 5 heteroatoms. The first-order chi connectivity index (χ1) is 15.1. The van der Waals surface area contributed by atoms with Crippen LogP contribution >= 0.6 is 11.3 Å². The monoisotopic (exact) mass is 434 g/mol. The van der Waals surface area contributed by atoms with E-state index in [4.69, 9.17) is 4.74 Å². The zero-order valence-corrected chi connectivity index (χ0v) is 19.3. The second-order valence-corrected chi connectivity index (χ2v) is 9.31. The largest absolute Gasteiger partial charge is 0.496 e. The van der Waals surface area contributed by atoms with Crippen LogP contribution in [-0.2, 0) is 0 Å². The number of benzene rings is 2. The number of piperidine rings is 1. The summed E-state index contributed by atoms with van der Waals surface area (Å²) in [6, 6.07) is 17.7. The van der Waals surface area contributed by atoms with Crippen LogP contribution in [0.3, 0.4) is 0 Å². The van der Waals surface area contributed by atoms with E-state index in [2.05, 4.69) is 36.2 Å². The third kappa shape index (κ3) is 4.53. The molecule has 1 fully saturated rings. The Morgan fingerprint density at radius 1 is 1.00 bits per heavy atom. The lowest BCUT2D eigenvalue weighted by Gasteiger charge is -2.36. The molecular weight excluding hydrogens is 404 g/mol. The van der Waals surface area contributed by atoms with Crippen LogP contribution in [-0.4, -0.2) is 31.0 Å². The predicted molar refractivity (Wildman–Crippen MR) is 128 cm³/mol. The number of hydrogen-bond acceptors (Lipinski definition) is 4. The van der Waals surface area contributed by atoms with Crippen LogP contribution in [0.25, 0.3) is 0 Å². The average molecular weight is 435 g/mol. The SMILES string of the molecule is COc1ccccc1[C@H](c1c(NC(=O)c2ccccc2)sc(C)c1C)N1CCCCC1. The lowest BCUT2D eigenvalue weighted by atomic mass is 9.92. The quantitative estimate of drug-likeness (QED) is 0.502. The maximum Gasteiger partial charge on any atom is 0.256 e. The number of amides is 1. The van der Waals surface area contributed by atoms with Gasteiger partial charge in [-0.1, -0.05) is 42.8 Å². The van der Waals surface area contributed by atoms with E-state index in [1.165, 1.54) is 35.3 Å². The van der Waals surface area contributed by atoms with Gasteiger partial charge in [0.25, 0.3) is 5.91 Å². The first kappa shape index (κ1) is 21.6. The van der Waals surface area contributed by atoms with Crippen molar-refractivity contribution in [1.29, 1.82) is 0 Å². The topological polar surface area (TPSA) is 41.6 Å². The Morgan fingerprint density at radius 2 is 1.68 bits per heavy atom. The van der Waals surface area contributed by atoms with Gasteiger partial charge in [0, 0.05) is 21.6 Å². The summed E-state index contributed by atoms with van der Waals surface area (Å²) in [5, 5.41) is 4.16. The molecule has 0 aliphatic carbocycles. The van der Waals surface area contributed by atoms with Crippen molar-refractivity contribution in [2.45, 2.75) is 39.2 Å². The van der Waals surface area contributed by atoms with E-state index >= 15 is 0 Å². The minimum absolute atomic E-state index is 0.0486. The molecule has 3 aromatic rings. The van der Waals surface area contributed by atoms with Gasteiger partial charge in [-0.05, 0) is 63.5 Å². The normalized spacial score (nSPS) is 15.5. The number of hydrogen-bond donors (Lipinski definition) is 1. The van der Waals surface area contributed by atoms with Gasteiger partial charge < -0.3 is 10.1 Å². The number of carbonyl (C=O) groups is 1. The molecule has 1 aliphatic rings. The fourth-order valence-corrected chi connectivity index (χ4v) is 5.52. The van der Waals surface area contributed by atoms with Gasteiger partial charge in [-0.2, -0.15) is 0 Å². The van der Waals surface area contributed by atoms with Crippen molar-refractivity contribution in [3.63, 3.8) is 0 Å². The number of nitrogens with zero attached hydrogens (tertiary/aromatic N) is 1. The van der Waals surface area contributed by atoms with E-state index in [9.17, 15) is 4.79 Å². The van der Waals surface area contributed by atoms with Crippen molar-refractivity contribution in [2.75, 3.05) is 25.5 Å². The zero-order valence-electron chi connectivity index (χ0n) is 18.5. The van der Waals surface area contributed by atoms with Gasteiger partial charge in [0.1, 0.15) is 10.8 Å². The van der Waals surface area contributed by atoms with E-state index in [1.54, 1.807) is 18.4 Å². The Labute approximate surface area is 188 Å². The maximum atomic E-state index is 13.0. The van der Waals surface area contributed by atoms with Crippen molar-refractivity contribution >= 4 is 22.2 Å². The lowest BCUT2D eigenvalue weighted by molar-refractivity contribution is 0.102. The highest BCUT2D eigenvalue weighted by Gasteiger charge is 2.32. The summed E-state index contributed by atoms with van der Waals surface area (Å²) in [7, 11) is 1.73. The molecule has 1 saturated heterocycles. The van der Waals surface area contributed by atoms with E-state index < -0.39 is 0 Å². The fraction of sp³-hybridized carbons (Fsp3) is 0.346. The standard InChI is InChI=1S/C26H30N2O2S/c1-18-19(2)31-26(27-25(29)20-12-6-4-7-13-20)23(18)24(28-16-10-5-11-17-28)21-14-8-9-15-22(21)30-3/h4,6-9,12-15,24H,5,10-11,16-17H2,1-3H3,(H,27,29)/t24-/m1/s1. The summed E-state index contributed by atoms with van der Waals surface area (Å²) in [6.07, 6.45) is 3.66. The number of aryl methyl sites for hydroxylation is 1. The number of nitrogens with one attached hydrogen (secondary N) is 1. The summed E-state index contributed by atoms with van der Waals surface area (Å²) in [4.78, 5) is 16.8. The lowest BCUT2D eigenvalue weighted by Crippen LogP contribution is -2.35. The molecule has 1 amide bonds. The Morgan fingerprint density at radius 3 is 2.39 bits per heavy atom. The van der Waals surface area contributed by atoms with Crippen molar-refractivity contribution < 1.29 is 9.53 Å². The highest BCUT2D eigenvalue weighted by molar-refractivity contribution is 7.16. The van der Waals surface area contributed by atoms with Crippen LogP contribution in [0.2, 0.25) is 0 Å². The molecule has 2 heterocycles. The number of thiophene rings is 1. The second kappa shape index (κ2) is 9.67. The Kier molecular flexibility index (Phi) is 6.73. The Bertz CT molecular complexity index is 1040. The summed E-state index contributed by atoms with van der Waals surface area (Å²) in [5.74, 6) is 0.821. The molecule has 162 valence electrons. The van der Waals surface area contributed by atoms with Crippen LogP contribution in [0.5, 0.6) is 5.75 Å². The van der Waals surface area contributed by atoms with Gasteiger partial charge >= 0.3 is 0 Å². The van der Waals surface area contributed by atoms with Crippen molar-refractivity contribution in [1.82, 2.24) is 4.90 Å². The number of likely N-dealkylation sites (tertiary alicyclic amines) is 1. The Balaban J connectivity index is 1.80. The van der Waals surface area contributed by atoms with Crippen molar-refractivity contribution in [3.05, 3.63) is 81.7 Å². The third-order valence-corrected chi connectivity index (χ3v) is 7.30. The summed E-state index contributed by atoms with van der Waals surface area (Å²) >= 11 is 1.67. The molecule has 2 aromatic carbocycles. The molecule has 0 radical (unpaired) electrons. The number of carbonyl (C=O) groups excluding carboxylic acids is 1. The molecule has 0 unspecified atom stereocenters. The van der Waals surface area contributed by atoms with E-state index in [1.807, 2.05) is 42.5 Å². The molecule has 1 atom stereocenters. The van der Waals surface area contributed by atoms with Gasteiger partial charge in [0.05, 0.1) is 13.2 Å². The molecule has 0 spiro atoms. The molecule has 0 bridgehead atoms. The highest BCUT2D eigenvalue weighted by Crippen LogP contribution is 2.45. The molecular formula is C26H30N2O2S. The number of rotatable bonds is 6. The van der Waals surface area contributed by atoms with Crippen molar-refractivity contribution in [2.24, 2.45) is 0 Å². The van der Waals surface area contributed by atoms with E-state index in [0.29, 0.717) is 5.56 Å². The van der Waals surface area contributed by atoms with Gasteiger partial charge in [-0.25, -0.2) is 0 Å². The summed E-state index contributed by atoms with van der Waals surface area (Å²) in [5.41, 5.74) is 4.26. The summed E-state index contributed by atoms with van der Waals surface area (Å²) < 4.78 is 5.76. The van der Waals surface area contributed by atoms with Crippen LogP contribution < -0.4 is 10.1 Å². The van der Waals surface area contributed by atoms with Crippen LogP contribution in [0.1, 0.15) is 57.2 Å². The zero-order chi connectivity index (χ0) is 21.8. The van der Waals surface area contributed by atoms with Gasteiger partial charge in [0.15, 0.2) is 0 Å².